The molecule has 1 aromatic carbocycles. The Morgan fingerprint density at radius 2 is 2.09 bits per heavy atom. The predicted molar refractivity (Wildman–Crippen MR) is 94.6 cm³/mol. The molecule has 4 heteroatoms. The lowest BCUT2D eigenvalue weighted by molar-refractivity contribution is 0.000488. The fraction of sp³-hybridized carbons (Fsp3) is 0.474. The fourth-order valence-electron chi connectivity index (χ4n) is 2.13. The minimum Gasteiger partial charge on any atom is -0.388 e. The molecule has 0 fully saturated rings. The van der Waals surface area contributed by atoms with Crippen molar-refractivity contribution in [2.75, 3.05) is 0 Å². The summed E-state index contributed by atoms with van der Waals surface area (Å²) in [7, 11) is 0. The molecule has 0 aliphatic heterocycles. The Morgan fingerprint density at radius 1 is 1.30 bits per heavy atom. The van der Waals surface area contributed by atoms with Crippen molar-refractivity contribution in [2.45, 2.75) is 53.1 Å². The van der Waals surface area contributed by atoms with Crippen LogP contribution in [0.3, 0.4) is 0 Å². The van der Waals surface area contributed by atoms with Crippen LogP contribution in [0.5, 0.6) is 0 Å². The predicted octanol–water partition coefficient (Wildman–Crippen LogP) is 4.50. The van der Waals surface area contributed by atoms with Crippen molar-refractivity contribution in [1.29, 1.82) is 0 Å². The van der Waals surface area contributed by atoms with Gasteiger partial charge in [-0.3, -0.25) is 4.57 Å². The number of aryl methyl sites for hydroxylation is 1. The molecule has 0 spiro atoms. The zero-order chi connectivity index (χ0) is 16.9. The molecule has 2 rings (SSSR count). The van der Waals surface area contributed by atoms with Crippen molar-refractivity contribution in [3.05, 3.63) is 54.1 Å². The molecule has 0 atom stereocenters. The third-order valence-corrected chi connectivity index (χ3v) is 3.35. The number of rotatable bonds is 5. The molecule has 0 N–H and O–H groups in total. The summed E-state index contributed by atoms with van der Waals surface area (Å²) in [5.41, 5.74) is 2.02. The van der Waals surface area contributed by atoms with Gasteiger partial charge in [0, 0.05) is 18.0 Å². The SMILES string of the molecule is CC(C)CCc1cccc(C(=NOC(C)(C)C)n2ccnc2)c1. The van der Waals surface area contributed by atoms with Crippen molar-refractivity contribution in [1.82, 2.24) is 9.55 Å². The van der Waals surface area contributed by atoms with E-state index >= 15 is 0 Å². The van der Waals surface area contributed by atoms with Gasteiger partial charge in [-0.1, -0.05) is 37.2 Å². The molecule has 0 saturated heterocycles. The summed E-state index contributed by atoms with van der Waals surface area (Å²) in [5.74, 6) is 1.45. The largest absolute Gasteiger partial charge is 0.388 e. The normalized spacial score (nSPS) is 12.7. The second-order valence-electron chi connectivity index (χ2n) is 7.22. The van der Waals surface area contributed by atoms with Gasteiger partial charge in [-0.15, -0.1) is 0 Å². The van der Waals surface area contributed by atoms with Crippen LogP contribution in [-0.2, 0) is 11.3 Å². The van der Waals surface area contributed by atoms with E-state index in [1.54, 1.807) is 12.5 Å². The Morgan fingerprint density at radius 3 is 2.70 bits per heavy atom. The van der Waals surface area contributed by atoms with Crippen molar-refractivity contribution >= 4 is 5.84 Å². The van der Waals surface area contributed by atoms with Gasteiger partial charge < -0.3 is 4.84 Å². The number of imidazole rings is 1. The zero-order valence-corrected chi connectivity index (χ0v) is 14.8. The Kier molecular flexibility index (Phi) is 5.59. The second kappa shape index (κ2) is 7.44. The molecule has 2 aromatic rings. The smallest absolute Gasteiger partial charge is 0.184 e. The molecule has 1 heterocycles. The van der Waals surface area contributed by atoms with Gasteiger partial charge in [0.15, 0.2) is 5.84 Å². The van der Waals surface area contributed by atoms with Gasteiger partial charge in [-0.25, -0.2) is 4.98 Å². The summed E-state index contributed by atoms with van der Waals surface area (Å²) >= 11 is 0. The van der Waals surface area contributed by atoms with Crippen LogP contribution in [0.15, 0.2) is 48.1 Å². The Hall–Kier alpha value is -2.10. The summed E-state index contributed by atoms with van der Waals surface area (Å²) in [6.07, 6.45) is 7.62. The molecule has 0 aliphatic carbocycles. The van der Waals surface area contributed by atoms with Crippen molar-refractivity contribution in [3.63, 3.8) is 0 Å². The van der Waals surface area contributed by atoms with Gasteiger partial charge in [0.2, 0.25) is 0 Å². The van der Waals surface area contributed by atoms with E-state index in [1.165, 1.54) is 12.0 Å². The van der Waals surface area contributed by atoms with E-state index in [0.29, 0.717) is 5.92 Å². The highest BCUT2D eigenvalue weighted by atomic mass is 16.6. The lowest BCUT2D eigenvalue weighted by Crippen LogP contribution is -2.20. The Bertz CT molecular complexity index is 637. The molecular weight excluding hydrogens is 286 g/mol. The molecule has 0 amide bonds. The quantitative estimate of drug-likeness (QED) is 0.463. The van der Waals surface area contributed by atoms with Gasteiger partial charge in [-0.05, 0) is 51.2 Å². The van der Waals surface area contributed by atoms with E-state index in [-0.39, 0.29) is 5.60 Å². The van der Waals surface area contributed by atoms with E-state index in [9.17, 15) is 0 Å². The molecular formula is C19H27N3O. The summed E-state index contributed by atoms with van der Waals surface area (Å²) in [6, 6.07) is 8.49. The minimum atomic E-state index is -0.332. The number of nitrogens with zero attached hydrogens (tertiary/aromatic N) is 3. The van der Waals surface area contributed by atoms with E-state index < -0.39 is 0 Å². The molecule has 4 nitrogen and oxygen atoms in total. The maximum Gasteiger partial charge on any atom is 0.184 e. The Labute approximate surface area is 139 Å². The van der Waals surface area contributed by atoms with Crippen LogP contribution in [0.1, 0.15) is 52.2 Å². The lowest BCUT2D eigenvalue weighted by Gasteiger charge is -2.17. The first-order valence-corrected chi connectivity index (χ1v) is 8.19. The molecule has 0 saturated carbocycles. The molecule has 1 aromatic heterocycles. The monoisotopic (exact) mass is 313 g/mol. The molecule has 124 valence electrons. The van der Waals surface area contributed by atoms with Crippen molar-refractivity contribution < 1.29 is 4.84 Å². The summed E-state index contributed by atoms with van der Waals surface area (Å²) in [4.78, 5) is 9.77. The lowest BCUT2D eigenvalue weighted by atomic mass is 10.0. The number of aromatic nitrogens is 2. The summed E-state index contributed by atoms with van der Waals surface area (Å²) < 4.78 is 1.88. The average molecular weight is 313 g/mol. The van der Waals surface area contributed by atoms with Gasteiger partial charge in [-0.2, -0.15) is 0 Å². The van der Waals surface area contributed by atoms with Gasteiger partial charge >= 0.3 is 0 Å². The van der Waals surface area contributed by atoms with Crippen LogP contribution in [-0.4, -0.2) is 21.0 Å². The van der Waals surface area contributed by atoms with Gasteiger partial charge in [0.05, 0.1) is 0 Å². The summed E-state index contributed by atoms with van der Waals surface area (Å²) in [6.45, 7) is 10.5. The number of oxime groups is 1. The van der Waals surface area contributed by atoms with Crippen LogP contribution in [0.4, 0.5) is 0 Å². The first kappa shape index (κ1) is 17.3. The van der Waals surface area contributed by atoms with E-state index in [2.05, 4.69) is 48.3 Å². The van der Waals surface area contributed by atoms with E-state index in [4.69, 9.17) is 4.84 Å². The van der Waals surface area contributed by atoms with Crippen LogP contribution in [0.2, 0.25) is 0 Å². The number of benzene rings is 1. The van der Waals surface area contributed by atoms with Gasteiger partial charge in [0.1, 0.15) is 11.9 Å². The van der Waals surface area contributed by atoms with E-state index in [0.717, 1.165) is 17.8 Å². The van der Waals surface area contributed by atoms with E-state index in [1.807, 2.05) is 31.5 Å². The van der Waals surface area contributed by atoms with Crippen molar-refractivity contribution in [3.8, 4) is 0 Å². The zero-order valence-electron chi connectivity index (χ0n) is 14.8. The number of hydrogen-bond acceptors (Lipinski definition) is 3. The first-order chi connectivity index (χ1) is 10.8. The standard InChI is InChI=1S/C19H27N3O/c1-15(2)9-10-16-7-6-8-17(13-16)18(21-23-19(3,4)5)22-12-11-20-14-22/h6-8,11-15H,9-10H2,1-5H3. The topological polar surface area (TPSA) is 39.4 Å². The van der Waals surface area contributed by atoms with Crippen molar-refractivity contribution in [2.24, 2.45) is 11.1 Å². The third kappa shape index (κ3) is 5.55. The maximum absolute atomic E-state index is 5.65. The molecule has 0 bridgehead atoms. The highest BCUT2D eigenvalue weighted by Gasteiger charge is 2.14. The van der Waals surface area contributed by atoms with Crippen LogP contribution in [0, 0.1) is 5.92 Å². The minimum absolute atomic E-state index is 0.332. The first-order valence-electron chi connectivity index (χ1n) is 8.19. The highest BCUT2D eigenvalue weighted by Crippen LogP contribution is 2.15. The van der Waals surface area contributed by atoms with Crippen LogP contribution >= 0.6 is 0 Å². The highest BCUT2D eigenvalue weighted by molar-refractivity contribution is 6.00. The third-order valence-electron chi connectivity index (χ3n) is 3.35. The average Bonchev–Trinajstić information content (AvgIpc) is 2.99. The second-order valence-corrected chi connectivity index (χ2v) is 7.22. The van der Waals surface area contributed by atoms with Crippen LogP contribution in [0.25, 0.3) is 0 Å². The van der Waals surface area contributed by atoms with Crippen LogP contribution < -0.4 is 0 Å². The Balaban J connectivity index is 2.30. The fourth-order valence-corrected chi connectivity index (χ4v) is 2.13. The summed E-state index contributed by atoms with van der Waals surface area (Å²) in [5, 5.41) is 4.38. The molecule has 0 unspecified atom stereocenters. The molecule has 0 aliphatic rings. The number of hydrogen-bond donors (Lipinski definition) is 0. The molecule has 23 heavy (non-hydrogen) atoms. The van der Waals surface area contributed by atoms with Gasteiger partial charge in [0.25, 0.3) is 0 Å². The molecule has 0 radical (unpaired) electrons. The maximum atomic E-state index is 5.65.